The number of hydrogen-bond donors (Lipinski definition) is 2. The molecular weight excluding hydrogens is 373 g/mol. The summed E-state index contributed by atoms with van der Waals surface area (Å²) in [6.07, 6.45) is 3.37. The zero-order valence-electron chi connectivity index (χ0n) is 16.2. The standard InChI is InChI=1S/C21H22FN5O2/c1-13-11-27(12-14(2)29-13)19-8-7-17(9-23-19)25-21(28)18-10-24-26-20(18)15-3-5-16(22)6-4-15/h3-10,13-14H,11-12H2,1-2H3,(H,24,26)(H,25,28)/t13-,14-/m0/s1. The summed E-state index contributed by atoms with van der Waals surface area (Å²) in [6, 6.07) is 9.58. The number of rotatable bonds is 4. The van der Waals surface area contributed by atoms with Crippen LogP contribution in [0.25, 0.3) is 11.3 Å². The average molecular weight is 395 g/mol. The van der Waals surface area contributed by atoms with Crippen LogP contribution in [0, 0.1) is 5.82 Å². The number of aromatic nitrogens is 3. The maximum atomic E-state index is 13.2. The number of pyridine rings is 1. The highest BCUT2D eigenvalue weighted by Crippen LogP contribution is 2.23. The molecule has 150 valence electrons. The van der Waals surface area contributed by atoms with Crippen LogP contribution in [0.3, 0.4) is 0 Å². The van der Waals surface area contributed by atoms with Crippen molar-refractivity contribution in [2.24, 2.45) is 0 Å². The molecule has 1 saturated heterocycles. The Labute approximate surface area is 167 Å². The lowest BCUT2D eigenvalue weighted by Crippen LogP contribution is -2.45. The second-order valence-electron chi connectivity index (χ2n) is 7.19. The van der Waals surface area contributed by atoms with E-state index in [1.165, 1.54) is 18.3 Å². The van der Waals surface area contributed by atoms with Gasteiger partial charge in [0.15, 0.2) is 0 Å². The molecule has 7 nitrogen and oxygen atoms in total. The van der Waals surface area contributed by atoms with Crippen molar-refractivity contribution in [1.82, 2.24) is 15.2 Å². The highest BCUT2D eigenvalue weighted by molar-refractivity contribution is 6.07. The van der Waals surface area contributed by atoms with E-state index in [0.717, 1.165) is 18.9 Å². The van der Waals surface area contributed by atoms with Crippen LogP contribution in [0.2, 0.25) is 0 Å². The Hall–Kier alpha value is -3.26. The molecule has 3 heterocycles. The van der Waals surface area contributed by atoms with Gasteiger partial charge < -0.3 is 15.0 Å². The summed E-state index contributed by atoms with van der Waals surface area (Å²) >= 11 is 0. The zero-order chi connectivity index (χ0) is 20.4. The summed E-state index contributed by atoms with van der Waals surface area (Å²) in [6.45, 7) is 5.64. The minimum atomic E-state index is -0.338. The van der Waals surface area contributed by atoms with E-state index >= 15 is 0 Å². The smallest absolute Gasteiger partial charge is 0.259 e. The van der Waals surface area contributed by atoms with Crippen molar-refractivity contribution in [3.8, 4) is 11.3 Å². The second kappa shape index (κ2) is 8.00. The lowest BCUT2D eigenvalue weighted by Gasteiger charge is -2.36. The number of aromatic amines is 1. The molecule has 3 aromatic rings. The fourth-order valence-electron chi connectivity index (χ4n) is 3.51. The van der Waals surface area contributed by atoms with Crippen LogP contribution in [-0.4, -0.2) is 46.4 Å². The summed E-state index contributed by atoms with van der Waals surface area (Å²) in [5.74, 6) is 0.191. The molecule has 2 atom stereocenters. The van der Waals surface area contributed by atoms with E-state index in [4.69, 9.17) is 4.74 Å². The highest BCUT2D eigenvalue weighted by Gasteiger charge is 2.23. The van der Waals surface area contributed by atoms with E-state index < -0.39 is 0 Å². The van der Waals surface area contributed by atoms with Crippen molar-refractivity contribution in [3.05, 3.63) is 60.2 Å². The molecular formula is C21H22FN5O2. The molecule has 1 aliphatic rings. The SMILES string of the molecule is C[C@H]1CN(c2ccc(NC(=O)c3cn[nH]c3-c3ccc(F)cc3)cn2)C[C@H](C)O1. The van der Waals surface area contributed by atoms with Gasteiger partial charge in [-0.25, -0.2) is 9.37 Å². The number of anilines is 2. The van der Waals surface area contributed by atoms with Gasteiger partial charge in [0.25, 0.3) is 5.91 Å². The van der Waals surface area contributed by atoms with E-state index in [-0.39, 0.29) is 23.9 Å². The largest absolute Gasteiger partial charge is 0.372 e. The number of H-pyrrole nitrogens is 1. The Morgan fingerprint density at radius 3 is 2.52 bits per heavy atom. The number of nitrogens with zero attached hydrogens (tertiary/aromatic N) is 3. The summed E-state index contributed by atoms with van der Waals surface area (Å²) in [4.78, 5) is 19.4. The molecule has 2 aromatic heterocycles. The molecule has 2 N–H and O–H groups in total. The summed E-state index contributed by atoms with van der Waals surface area (Å²) < 4.78 is 18.9. The van der Waals surface area contributed by atoms with Crippen molar-refractivity contribution in [1.29, 1.82) is 0 Å². The maximum absolute atomic E-state index is 13.2. The molecule has 0 aliphatic carbocycles. The first-order valence-electron chi connectivity index (χ1n) is 9.46. The summed E-state index contributed by atoms with van der Waals surface area (Å²) in [5.41, 5.74) is 2.16. The number of ether oxygens (including phenoxy) is 1. The first kappa shape index (κ1) is 19.1. The Bertz CT molecular complexity index is 977. The summed E-state index contributed by atoms with van der Waals surface area (Å²) in [7, 11) is 0. The average Bonchev–Trinajstić information content (AvgIpc) is 3.18. The Balaban J connectivity index is 1.47. The normalized spacial score (nSPS) is 19.2. The fraction of sp³-hybridized carbons (Fsp3) is 0.286. The van der Waals surface area contributed by atoms with Gasteiger partial charge in [0, 0.05) is 18.7 Å². The number of carbonyl (C=O) groups is 1. The van der Waals surface area contributed by atoms with Crippen LogP contribution in [0.15, 0.2) is 48.8 Å². The molecule has 1 amide bonds. The van der Waals surface area contributed by atoms with Crippen molar-refractivity contribution in [2.75, 3.05) is 23.3 Å². The third-order valence-corrected chi connectivity index (χ3v) is 4.77. The first-order chi connectivity index (χ1) is 14.0. The van der Waals surface area contributed by atoms with Crippen molar-refractivity contribution in [2.45, 2.75) is 26.1 Å². The maximum Gasteiger partial charge on any atom is 0.259 e. The Morgan fingerprint density at radius 2 is 1.86 bits per heavy atom. The van der Waals surface area contributed by atoms with Crippen LogP contribution in [0.1, 0.15) is 24.2 Å². The predicted molar refractivity (Wildman–Crippen MR) is 108 cm³/mol. The van der Waals surface area contributed by atoms with Gasteiger partial charge in [-0.3, -0.25) is 9.89 Å². The van der Waals surface area contributed by atoms with E-state index in [9.17, 15) is 9.18 Å². The van der Waals surface area contributed by atoms with Gasteiger partial charge >= 0.3 is 0 Å². The van der Waals surface area contributed by atoms with Gasteiger partial charge in [-0.15, -0.1) is 0 Å². The lowest BCUT2D eigenvalue weighted by molar-refractivity contribution is -0.00545. The topological polar surface area (TPSA) is 83.1 Å². The monoisotopic (exact) mass is 395 g/mol. The van der Waals surface area contributed by atoms with Gasteiger partial charge in [-0.2, -0.15) is 5.10 Å². The minimum absolute atomic E-state index is 0.144. The number of hydrogen-bond acceptors (Lipinski definition) is 5. The number of morpholine rings is 1. The summed E-state index contributed by atoms with van der Waals surface area (Å²) in [5, 5.41) is 9.60. The molecule has 0 bridgehead atoms. The predicted octanol–water partition coefficient (Wildman–Crippen LogP) is 3.48. The van der Waals surface area contributed by atoms with Crippen LogP contribution in [0.4, 0.5) is 15.9 Å². The van der Waals surface area contributed by atoms with Crippen molar-refractivity contribution in [3.63, 3.8) is 0 Å². The van der Waals surface area contributed by atoms with Crippen LogP contribution in [-0.2, 0) is 4.74 Å². The number of amides is 1. The van der Waals surface area contributed by atoms with E-state index in [1.54, 1.807) is 18.3 Å². The third-order valence-electron chi connectivity index (χ3n) is 4.77. The Kier molecular flexibility index (Phi) is 5.26. The molecule has 0 spiro atoms. The first-order valence-corrected chi connectivity index (χ1v) is 9.46. The molecule has 0 unspecified atom stereocenters. The van der Waals surface area contributed by atoms with Gasteiger partial charge in [0.1, 0.15) is 11.6 Å². The van der Waals surface area contributed by atoms with Crippen LogP contribution in [0.5, 0.6) is 0 Å². The van der Waals surface area contributed by atoms with Crippen LogP contribution >= 0.6 is 0 Å². The van der Waals surface area contributed by atoms with Gasteiger partial charge in [-0.05, 0) is 50.2 Å². The molecule has 1 aromatic carbocycles. The second-order valence-corrected chi connectivity index (χ2v) is 7.19. The molecule has 0 radical (unpaired) electrons. The number of carbonyl (C=O) groups excluding carboxylic acids is 1. The number of benzene rings is 1. The van der Waals surface area contributed by atoms with Crippen LogP contribution < -0.4 is 10.2 Å². The number of halogens is 1. The number of nitrogens with one attached hydrogen (secondary N) is 2. The van der Waals surface area contributed by atoms with Gasteiger partial charge in [0.05, 0.1) is 41.5 Å². The third kappa shape index (κ3) is 4.27. The molecule has 1 fully saturated rings. The quantitative estimate of drug-likeness (QED) is 0.707. The van der Waals surface area contributed by atoms with Crippen molar-refractivity contribution >= 4 is 17.4 Å². The van der Waals surface area contributed by atoms with E-state index in [2.05, 4.69) is 25.4 Å². The molecule has 4 rings (SSSR count). The van der Waals surface area contributed by atoms with Crippen molar-refractivity contribution < 1.29 is 13.9 Å². The van der Waals surface area contributed by atoms with Gasteiger partial charge in [-0.1, -0.05) is 0 Å². The van der Waals surface area contributed by atoms with E-state index in [1.807, 2.05) is 26.0 Å². The fourth-order valence-corrected chi connectivity index (χ4v) is 3.51. The van der Waals surface area contributed by atoms with Gasteiger partial charge in [0.2, 0.25) is 0 Å². The molecule has 8 heteroatoms. The molecule has 29 heavy (non-hydrogen) atoms. The minimum Gasteiger partial charge on any atom is -0.372 e. The zero-order valence-corrected chi connectivity index (χ0v) is 16.2. The molecule has 1 aliphatic heterocycles. The molecule has 0 saturated carbocycles. The van der Waals surface area contributed by atoms with E-state index in [0.29, 0.717) is 22.5 Å². The highest BCUT2D eigenvalue weighted by atomic mass is 19.1. The lowest BCUT2D eigenvalue weighted by atomic mass is 10.1. The Morgan fingerprint density at radius 1 is 1.14 bits per heavy atom.